The second-order valence-corrected chi connectivity index (χ2v) is 5.64. The first-order valence-electron chi connectivity index (χ1n) is 6.04. The molecule has 1 aromatic carbocycles. The molecule has 0 atom stereocenters. The number of hydrogen-bond donors (Lipinski definition) is 0. The van der Waals surface area contributed by atoms with Crippen LogP contribution in [0.4, 0.5) is 0 Å². The number of benzene rings is 1. The second-order valence-electron chi connectivity index (χ2n) is 4.42. The Hall–Kier alpha value is -0.960. The lowest BCUT2D eigenvalue weighted by Gasteiger charge is -2.20. The second kappa shape index (κ2) is 6.10. The van der Waals surface area contributed by atoms with E-state index in [0.717, 1.165) is 11.3 Å². The molecule has 1 aromatic rings. The molecule has 0 N–H and O–H groups in total. The Morgan fingerprint density at radius 2 is 2.18 bits per heavy atom. The molecular formula is C14H18O2S. The highest BCUT2D eigenvalue weighted by atomic mass is 32.2. The first-order valence-corrected chi connectivity index (χ1v) is 7.20. The monoisotopic (exact) mass is 250 g/mol. The fraction of sp³-hybridized carbons (Fsp3) is 0.500. The van der Waals surface area contributed by atoms with E-state index in [-0.39, 0.29) is 5.78 Å². The van der Waals surface area contributed by atoms with Crippen molar-refractivity contribution in [2.24, 2.45) is 5.92 Å². The number of thioether (sulfide) groups is 1. The van der Waals surface area contributed by atoms with Gasteiger partial charge in [-0.15, -0.1) is 0 Å². The molecule has 2 nitrogen and oxygen atoms in total. The van der Waals surface area contributed by atoms with E-state index in [1.807, 2.05) is 36.0 Å². The van der Waals surface area contributed by atoms with Crippen LogP contribution in [0, 0.1) is 5.92 Å². The van der Waals surface area contributed by atoms with Crippen LogP contribution in [-0.2, 0) is 0 Å². The molecule has 0 amide bonds. The van der Waals surface area contributed by atoms with Crippen LogP contribution >= 0.6 is 11.8 Å². The number of hydrogen-bond acceptors (Lipinski definition) is 3. The summed E-state index contributed by atoms with van der Waals surface area (Å²) in [7, 11) is 1.63. The molecule has 0 spiro atoms. The molecule has 0 radical (unpaired) electrons. The van der Waals surface area contributed by atoms with Gasteiger partial charge in [-0.2, -0.15) is 11.8 Å². The molecular weight excluding hydrogens is 232 g/mol. The Morgan fingerprint density at radius 3 is 2.88 bits per heavy atom. The highest BCUT2D eigenvalue weighted by Crippen LogP contribution is 2.27. The zero-order chi connectivity index (χ0) is 12.1. The molecule has 0 saturated carbocycles. The van der Waals surface area contributed by atoms with Crippen molar-refractivity contribution in [1.29, 1.82) is 0 Å². The summed E-state index contributed by atoms with van der Waals surface area (Å²) in [4.78, 5) is 12.1. The van der Waals surface area contributed by atoms with Crippen molar-refractivity contribution in [1.82, 2.24) is 0 Å². The zero-order valence-electron chi connectivity index (χ0n) is 10.1. The minimum absolute atomic E-state index is 0.251. The average Bonchev–Trinajstić information content (AvgIpc) is 2.40. The van der Waals surface area contributed by atoms with Crippen LogP contribution in [0.1, 0.15) is 29.6 Å². The largest absolute Gasteiger partial charge is 0.497 e. The number of methoxy groups -OCH3 is 1. The number of carbonyl (C=O) groups is 1. The van der Waals surface area contributed by atoms with Gasteiger partial charge in [-0.05, 0) is 42.4 Å². The smallest absolute Gasteiger partial charge is 0.163 e. The molecule has 1 aliphatic heterocycles. The number of carbonyl (C=O) groups excluding carboxylic acids is 1. The van der Waals surface area contributed by atoms with Crippen molar-refractivity contribution < 1.29 is 9.53 Å². The maximum Gasteiger partial charge on any atom is 0.163 e. The SMILES string of the molecule is COc1cccc(C(=O)CC2CCSCC2)c1. The van der Waals surface area contributed by atoms with Gasteiger partial charge >= 0.3 is 0 Å². The Balaban J connectivity index is 1.98. The van der Waals surface area contributed by atoms with Gasteiger partial charge in [-0.3, -0.25) is 4.79 Å². The minimum Gasteiger partial charge on any atom is -0.497 e. The first-order chi connectivity index (χ1) is 8.29. The van der Waals surface area contributed by atoms with Crippen LogP contribution in [0.3, 0.4) is 0 Å². The molecule has 0 aromatic heterocycles. The van der Waals surface area contributed by atoms with E-state index in [0.29, 0.717) is 12.3 Å². The molecule has 1 heterocycles. The van der Waals surface area contributed by atoms with Crippen LogP contribution < -0.4 is 4.74 Å². The molecule has 0 aliphatic carbocycles. The third kappa shape index (κ3) is 3.50. The van der Waals surface area contributed by atoms with Gasteiger partial charge in [0.1, 0.15) is 5.75 Å². The summed E-state index contributed by atoms with van der Waals surface area (Å²) in [6, 6.07) is 7.46. The van der Waals surface area contributed by atoms with Crippen molar-refractivity contribution in [3.8, 4) is 5.75 Å². The van der Waals surface area contributed by atoms with Crippen LogP contribution in [0.15, 0.2) is 24.3 Å². The predicted molar refractivity (Wildman–Crippen MR) is 72.0 cm³/mol. The summed E-state index contributed by atoms with van der Waals surface area (Å²) in [5.41, 5.74) is 0.780. The van der Waals surface area contributed by atoms with Gasteiger partial charge in [0.15, 0.2) is 5.78 Å². The quantitative estimate of drug-likeness (QED) is 0.766. The van der Waals surface area contributed by atoms with Gasteiger partial charge in [0, 0.05) is 12.0 Å². The number of ether oxygens (including phenoxy) is 1. The lowest BCUT2D eigenvalue weighted by molar-refractivity contribution is 0.0958. The molecule has 92 valence electrons. The van der Waals surface area contributed by atoms with Crippen molar-refractivity contribution in [2.75, 3.05) is 18.6 Å². The van der Waals surface area contributed by atoms with Gasteiger partial charge in [0.25, 0.3) is 0 Å². The van der Waals surface area contributed by atoms with Crippen LogP contribution in [-0.4, -0.2) is 24.4 Å². The Kier molecular flexibility index (Phi) is 4.49. The van der Waals surface area contributed by atoms with Gasteiger partial charge in [0.05, 0.1) is 7.11 Å². The number of ketones is 1. The predicted octanol–water partition coefficient (Wildman–Crippen LogP) is 3.41. The van der Waals surface area contributed by atoms with E-state index in [1.54, 1.807) is 7.11 Å². The molecule has 0 bridgehead atoms. The Morgan fingerprint density at radius 1 is 1.41 bits per heavy atom. The maximum absolute atomic E-state index is 12.1. The summed E-state index contributed by atoms with van der Waals surface area (Å²) in [6.45, 7) is 0. The van der Waals surface area contributed by atoms with Crippen molar-refractivity contribution >= 4 is 17.5 Å². The highest BCUT2D eigenvalue weighted by molar-refractivity contribution is 7.99. The Bertz CT molecular complexity index is 384. The van der Waals surface area contributed by atoms with Crippen LogP contribution in [0.5, 0.6) is 5.75 Å². The van der Waals surface area contributed by atoms with E-state index in [2.05, 4.69) is 0 Å². The molecule has 1 aliphatic rings. The van der Waals surface area contributed by atoms with E-state index in [4.69, 9.17) is 4.74 Å². The third-order valence-corrected chi connectivity index (χ3v) is 4.26. The topological polar surface area (TPSA) is 26.3 Å². The van der Waals surface area contributed by atoms with E-state index in [1.165, 1.54) is 24.3 Å². The highest BCUT2D eigenvalue weighted by Gasteiger charge is 2.18. The lowest BCUT2D eigenvalue weighted by Crippen LogP contribution is -2.14. The standard InChI is InChI=1S/C14H18O2S/c1-16-13-4-2-3-12(10-13)14(15)9-11-5-7-17-8-6-11/h2-4,10-11H,5-9H2,1H3. The van der Waals surface area contributed by atoms with Crippen LogP contribution in [0.25, 0.3) is 0 Å². The minimum atomic E-state index is 0.251. The molecule has 17 heavy (non-hydrogen) atoms. The average molecular weight is 250 g/mol. The van der Waals surface area contributed by atoms with E-state index >= 15 is 0 Å². The first kappa shape index (κ1) is 12.5. The fourth-order valence-corrected chi connectivity index (χ4v) is 3.33. The normalized spacial score (nSPS) is 16.8. The van der Waals surface area contributed by atoms with Gasteiger partial charge in [-0.1, -0.05) is 12.1 Å². The van der Waals surface area contributed by atoms with Crippen molar-refractivity contribution in [2.45, 2.75) is 19.3 Å². The van der Waals surface area contributed by atoms with E-state index < -0.39 is 0 Å². The summed E-state index contributed by atoms with van der Waals surface area (Å²) in [5.74, 6) is 4.00. The molecule has 1 saturated heterocycles. The Labute approximate surface area is 107 Å². The lowest BCUT2D eigenvalue weighted by atomic mass is 9.93. The number of rotatable bonds is 4. The summed E-state index contributed by atoms with van der Waals surface area (Å²) >= 11 is 2.00. The van der Waals surface area contributed by atoms with Gasteiger partial charge in [-0.25, -0.2) is 0 Å². The zero-order valence-corrected chi connectivity index (χ0v) is 11.0. The molecule has 2 rings (SSSR count). The van der Waals surface area contributed by atoms with Gasteiger partial charge < -0.3 is 4.74 Å². The summed E-state index contributed by atoms with van der Waals surface area (Å²) in [6.07, 6.45) is 3.05. The molecule has 1 fully saturated rings. The summed E-state index contributed by atoms with van der Waals surface area (Å²) < 4.78 is 5.14. The van der Waals surface area contributed by atoms with Crippen LogP contribution in [0.2, 0.25) is 0 Å². The van der Waals surface area contributed by atoms with E-state index in [9.17, 15) is 4.79 Å². The molecule has 3 heteroatoms. The number of Topliss-reactive ketones (excluding diaryl/α,β-unsaturated/α-hetero) is 1. The van der Waals surface area contributed by atoms with Crippen molar-refractivity contribution in [3.63, 3.8) is 0 Å². The summed E-state index contributed by atoms with van der Waals surface area (Å²) in [5, 5.41) is 0. The fourth-order valence-electron chi connectivity index (χ4n) is 2.13. The maximum atomic E-state index is 12.1. The molecule has 0 unspecified atom stereocenters. The van der Waals surface area contributed by atoms with Crippen molar-refractivity contribution in [3.05, 3.63) is 29.8 Å². The van der Waals surface area contributed by atoms with Gasteiger partial charge in [0.2, 0.25) is 0 Å². The third-order valence-electron chi connectivity index (χ3n) is 3.21.